The van der Waals surface area contributed by atoms with E-state index >= 15 is 0 Å². The van der Waals surface area contributed by atoms with Crippen molar-refractivity contribution in [3.63, 3.8) is 0 Å². The molecule has 0 fully saturated rings. The molecule has 0 spiro atoms. The maximum atomic E-state index is 13.5. The molecule has 0 unspecified atom stereocenters. The van der Waals surface area contributed by atoms with E-state index < -0.39 is 29.4 Å². The lowest BCUT2D eigenvalue weighted by Gasteiger charge is -2.18. The van der Waals surface area contributed by atoms with E-state index in [1.807, 2.05) is 0 Å². The van der Waals surface area contributed by atoms with Crippen molar-refractivity contribution in [2.24, 2.45) is 0 Å². The number of allylic oxidation sites excluding steroid dienone is 1. The highest BCUT2D eigenvalue weighted by atomic mass is 35.5. The van der Waals surface area contributed by atoms with Gasteiger partial charge in [0.15, 0.2) is 0 Å². The largest absolute Gasteiger partial charge is 0.465 e. The number of carbonyl (C=O) groups is 2. The number of esters is 1. The number of amides is 1. The van der Waals surface area contributed by atoms with Crippen LogP contribution in [0.25, 0.3) is 6.08 Å². The van der Waals surface area contributed by atoms with E-state index in [-0.39, 0.29) is 33.1 Å². The predicted molar refractivity (Wildman–Crippen MR) is 103 cm³/mol. The fourth-order valence-corrected chi connectivity index (χ4v) is 3.33. The van der Waals surface area contributed by atoms with E-state index in [2.05, 4.69) is 0 Å². The van der Waals surface area contributed by atoms with Crippen LogP contribution in [0.4, 0.5) is 23.2 Å². The molecule has 0 atom stereocenters. The van der Waals surface area contributed by atoms with Crippen molar-refractivity contribution < 1.29 is 31.9 Å². The summed E-state index contributed by atoms with van der Waals surface area (Å²) in [5, 5.41) is -0.257. The molecule has 0 radical (unpaired) electrons. The molecule has 0 saturated heterocycles. The van der Waals surface area contributed by atoms with Gasteiger partial charge >= 0.3 is 12.1 Å². The topological polar surface area (TPSA) is 46.6 Å². The maximum Gasteiger partial charge on any atom is 0.416 e. The molecule has 1 aliphatic heterocycles. The molecule has 3 rings (SSSR count). The highest BCUT2D eigenvalue weighted by Gasteiger charge is 2.39. The van der Waals surface area contributed by atoms with Crippen LogP contribution >= 0.6 is 11.6 Å². The van der Waals surface area contributed by atoms with E-state index in [9.17, 15) is 27.2 Å². The molecule has 4 nitrogen and oxygen atoms in total. The summed E-state index contributed by atoms with van der Waals surface area (Å²) >= 11 is 5.79. The lowest BCUT2D eigenvalue weighted by atomic mass is 10.00. The Labute approximate surface area is 174 Å². The minimum absolute atomic E-state index is 0.116. The van der Waals surface area contributed by atoms with Gasteiger partial charge in [0.25, 0.3) is 5.91 Å². The summed E-state index contributed by atoms with van der Waals surface area (Å²) in [5.74, 6) is -2.38. The van der Waals surface area contributed by atoms with Crippen LogP contribution in [-0.4, -0.2) is 19.0 Å². The summed E-state index contributed by atoms with van der Waals surface area (Å²) in [6.07, 6.45) is -3.67. The summed E-state index contributed by atoms with van der Waals surface area (Å²) in [5.41, 5.74) is -1.46. The lowest BCUT2D eigenvalue weighted by molar-refractivity contribution is -0.138. The van der Waals surface area contributed by atoms with E-state index in [0.29, 0.717) is 0 Å². The second kappa shape index (κ2) is 7.95. The second-order valence-electron chi connectivity index (χ2n) is 6.33. The van der Waals surface area contributed by atoms with Gasteiger partial charge in [-0.25, -0.2) is 9.18 Å². The number of anilines is 1. The van der Waals surface area contributed by atoms with Gasteiger partial charge in [0, 0.05) is 5.70 Å². The zero-order valence-corrected chi connectivity index (χ0v) is 16.4. The first kappa shape index (κ1) is 21.6. The smallest absolute Gasteiger partial charge is 0.416 e. The van der Waals surface area contributed by atoms with Crippen molar-refractivity contribution in [1.82, 2.24) is 0 Å². The van der Waals surface area contributed by atoms with Gasteiger partial charge in [-0.15, -0.1) is 0 Å². The number of nitrogens with zero attached hydrogens (tertiary/aromatic N) is 1. The Morgan fingerprint density at radius 1 is 1.17 bits per heavy atom. The fraction of sp³-hybridized carbons (Fsp3) is 0.143. The van der Waals surface area contributed by atoms with Crippen LogP contribution in [-0.2, 0) is 20.5 Å². The van der Waals surface area contributed by atoms with Crippen molar-refractivity contribution in [2.75, 3.05) is 12.0 Å². The SMILES string of the molecule is COC(=O)C1=C(C)N(c2ccc(F)c(Cl)c2)C(=O)/C1=C\c1ccccc1C(F)(F)F. The molecule has 0 aromatic heterocycles. The molecule has 0 bridgehead atoms. The Morgan fingerprint density at radius 2 is 1.83 bits per heavy atom. The standard InChI is InChI=1S/C21H14ClF4NO3/c1-11-18(20(29)30-2)14(9-12-5-3-4-6-15(12)21(24,25)26)19(28)27(11)13-7-8-17(23)16(22)10-13/h3-10H,1-2H3/b14-9-. The first-order valence-corrected chi connectivity index (χ1v) is 8.91. The number of benzene rings is 2. The zero-order chi connectivity index (χ0) is 22.2. The summed E-state index contributed by atoms with van der Waals surface area (Å²) in [6, 6.07) is 8.15. The Bertz CT molecular complexity index is 1110. The number of hydrogen-bond donors (Lipinski definition) is 0. The molecular formula is C21H14ClF4NO3. The van der Waals surface area contributed by atoms with Gasteiger partial charge in [-0.2, -0.15) is 13.2 Å². The molecule has 156 valence electrons. The van der Waals surface area contributed by atoms with E-state index in [1.165, 1.54) is 37.3 Å². The van der Waals surface area contributed by atoms with Gasteiger partial charge in [-0.3, -0.25) is 9.69 Å². The molecule has 1 heterocycles. The van der Waals surface area contributed by atoms with Gasteiger partial charge < -0.3 is 4.74 Å². The van der Waals surface area contributed by atoms with Gasteiger partial charge in [-0.05, 0) is 42.8 Å². The Balaban J connectivity index is 2.20. The summed E-state index contributed by atoms with van der Waals surface area (Å²) in [7, 11) is 1.09. The zero-order valence-electron chi connectivity index (χ0n) is 15.7. The third-order valence-electron chi connectivity index (χ3n) is 4.52. The lowest BCUT2D eigenvalue weighted by Crippen LogP contribution is -2.24. The van der Waals surface area contributed by atoms with Gasteiger partial charge in [0.1, 0.15) is 5.82 Å². The molecule has 9 heteroatoms. The number of carbonyl (C=O) groups excluding carboxylic acids is 2. The van der Waals surface area contributed by atoms with E-state index in [0.717, 1.165) is 30.2 Å². The highest BCUT2D eigenvalue weighted by Crippen LogP contribution is 2.38. The van der Waals surface area contributed by atoms with Crippen LogP contribution < -0.4 is 4.90 Å². The van der Waals surface area contributed by atoms with Crippen LogP contribution in [0.2, 0.25) is 5.02 Å². The Kier molecular flexibility index (Phi) is 5.72. The van der Waals surface area contributed by atoms with E-state index in [1.54, 1.807) is 0 Å². The average molecular weight is 440 g/mol. The third-order valence-corrected chi connectivity index (χ3v) is 4.81. The Hall–Kier alpha value is -3.13. The molecule has 30 heavy (non-hydrogen) atoms. The van der Waals surface area contributed by atoms with Crippen LogP contribution in [0.1, 0.15) is 18.1 Å². The summed E-state index contributed by atoms with van der Waals surface area (Å²) < 4.78 is 58.3. The molecule has 2 aromatic carbocycles. The van der Waals surface area contributed by atoms with Crippen LogP contribution in [0.15, 0.2) is 59.3 Å². The van der Waals surface area contributed by atoms with Crippen LogP contribution in [0.5, 0.6) is 0 Å². The van der Waals surface area contributed by atoms with Crippen LogP contribution in [0, 0.1) is 5.82 Å². The number of hydrogen-bond acceptors (Lipinski definition) is 3. The minimum Gasteiger partial charge on any atom is -0.465 e. The number of rotatable bonds is 3. The fourth-order valence-electron chi connectivity index (χ4n) is 3.15. The van der Waals surface area contributed by atoms with Gasteiger partial charge in [-0.1, -0.05) is 29.8 Å². The monoisotopic (exact) mass is 439 g/mol. The molecular weight excluding hydrogens is 426 g/mol. The van der Waals surface area contributed by atoms with Crippen molar-refractivity contribution in [3.05, 3.63) is 81.3 Å². The molecule has 0 saturated carbocycles. The summed E-state index contributed by atoms with van der Waals surface area (Å²) in [6.45, 7) is 1.43. The average Bonchev–Trinajstić information content (AvgIpc) is 2.93. The number of halogens is 5. The molecule has 0 N–H and O–H groups in total. The molecule has 1 amide bonds. The van der Waals surface area contributed by atoms with Crippen molar-refractivity contribution >= 4 is 35.2 Å². The van der Waals surface area contributed by atoms with Gasteiger partial charge in [0.2, 0.25) is 0 Å². The van der Waals surface area contributed by atoms with E-state index in [4.69, 9.17) is 16.3 Å². The highest BCUT2D eigenvalue weighted by molar-refractivity contribution is 6.31. The number of methoxy groups -OCH3 is 1. The predicted octanol–water partition coefficient (Wildman–Crippen LogP) is 5.38. The molecule has 2 aromatic rings. The molecule has 1 aliphatic rings. The van der Waals surface area contributed by atoms with Gasteiger partial charge in [0.05, 0.1) is 34.5 Å². The van der Waals surface area contributed by atoms with Crippen molar-refractivity contribution in [1.29, 1.82) is 0 Å². The maximum absolute atomic E-state index is 13.5. The van der Waals surface area contributed by atoms with Crippen molar-refractivity contribution in [2.45, 2.75) is 13.1 Å². The molecule has 0 aliphatic carbocycles. The third kappa shape index (κ3) is 3.82. The number of alkyl halides is 3. The minimum atomic E-state index is -4.66. The Morgan fingerprint density at radius 3 is 2.43 bits per heavy atom. The summed E-state index contributed by atoms with van der Waals surface area (Å²) in [4.78, 5) is 26.5. The first-order valence-electron chi connectivity index (χ1n) is 8.53. The van der Waals surface area contributed by atoms with Crippen LogP contribution in [0.3, 0.4) is 0 Å². The van der Waals surface area contributed by atoms with Crippen molar-refractivity contribution in [3.8, 4) is 0 Å². The first-order chi connectivity index (χ1) is 14.1. The quantitative estimate of drug-likeness (QED) is 0.367. The second-order valence-corrected chi connectivity index (χ2v) is 6.74. The number of ether oxygens (including phenoxy) is 1. The normalized spacial score (nSPS) is 15.9.